The number of aromatic nitrogens is 1. The maximum absolute atomic E-state index is 11.7. The topological polar surface area (TPSA) is 94.3 Å². The standard InChI is InChI=1S/C13H17N3O3/c1-9-10(8-12(17)15-6-3-5-14)16-13(19-9)11-4-2-7-18-11/h2,4,7H,3,5-6,8,14H2,1H3,(H,15,17). The summed E-state index contributed by atoms with van der Waals surface area (Å²) in [4.78, 5) is 16.0. The normalized spacial score (nSPS) is 10.6. The summed E-state index contributed by atoms with van der Waals surface area (Å²) in [7, 11) is 0. The molecule has 0 aliphatic rings. The zero-order chi connectivity index (χ0) is 13.7. The lowest BCUT2D eigenvalue weighted by atomic mass is 10.2. The summed E-state index contributed by atoms with van der Waals surface area (Å²) < 4.78 is 10.7. The van der Waals surface area contributed by atoms with Gasteiger partial charge in [0, 0.05) is 6.54 Å². The van der Waals surface area contributed by atoms with Gasteiger partial charge >= 0.3 is 0 Å². The Bertz CT molecular complexity index is 531. The van der Waals surface area contributed by atoms with Gasteiger partial charge in [-0.05, 0) is 32.0 Å². The largest absolute Gasteiger partial charge is 0.459 e. The molecule has 0 saturated heterocycles. The number of carbonyl (C=O) groups excluding carboxylic acids is 1. The lowest BCUT2D eigenvalue weighted by Gasteiger charge is -2.02. The van der Waals surface area contributed by atoms with E-state index in [0.717, 1.165) is 6.42 Å². The second-order valence-corrected chi connectivity index (χ2v) is 4.17. The number of amides is 1. The molecule has 0 spiro atoms. The zero-order valence-corrected chi connectivity index (χ0v) is 10.8. The Morgan fingerprint density at radius 3 is 3.05 bits per heavy atom. The molecule has 0 aromatic carbocycles. The third-order valence-electron chi connectivity index (χ3n) is 2.66. The Morgan fingerprint density at radius 2 is 2.37 bits per heavy atom. The van der Waals surface area contributed by atoms with Crippen molar-refractivity contribution in [1.29, 1.82) is 0 Å². The highest BCUT2D eigenvalue weighted by Gasteiger charge is 2.15. The molecule has 0 atom stereocenters. The molecule has 0 aliphatic heterocycles. The van der Waals surface area contributed by atoms with E-state index in [-0.39, 0.29) is 12.3 Å². The van der Waals surface area contributed by atoms with Gasteiger partial charge in [-0.3, -0.25) is 4.79 Å². The number of carbonyl (C=O) groups is 1. The fourth-order valence-electron chi connectivity index (χ4n) is 1.64. The molecular formula is C13H17N3O3. The quantitative estimate of drug-likeness (QED) is 0.765. The van der Waals surface area contributed by atoms with Gasteiger partial charge in [-0.25, -0.2) is 4.98 Å². The van der Waals surface area contributed by atoms with Gasteiger partial charge in [-0.2, -0.15) is 0 Å². The molecule has 0 aliphatic carbocycles. The van der Waals surface area contributed by atoms with Crippen molar-refractivity contribution in [3.8, 4) is 11.7 Å². The van der Waals surface area contributed by atoms with E-state index in [2.05, 4.69) is 10.3 Å². The Hall–Kier alpha value is -2.08. The number of hydrogen-bond acceptors (Lipinski definition) is 5. The molecule has 2 aromatic rings. The maximum atomic E-state index is 11.7. The van der Waals surface area contributed by atoms with Crippen LogP contribution in [0.15, 0.2) is 27.2 Å². The molecular weight excluding hydrogens is 246 g/mol. The summed E-state index contributed by atoms with van der Waals surface area (Å²) in [5.41, 5.74) is 5.98. The average Bonchev–Trinajstić information content (AvgIpc) is 3.00. The smallest absolute Gasteiger partial charge is 0.263 e. The van der Waals surface area contributed by atoms with Crippen LogP contribution in [-0.2, 0) is 11.2 Å². The molecule has 6 heteroatoms. The number of hydrogen-bond donors (Lipinski definition) is 2. The minimum atomic E-state index is -0.0872. The van der Waals surface area contributed by atoms with E-state index < -0.39 is 0 Å². The number of nitrogens with zero attached hydrogens (tertiary/aromatic N) is 1. The number of oxazole rings is 1. The summed E-state index contributed by atoms with van der Waals surface area (Å²) in [6, 6.07) is 3.52. The number of nitrogens with one attached hydrogen (secondary N) is 1. The van der Waals surface area contributed by atoms with Gasteiger partial charge in [0.25, 0.3) is 5.89 Å². The number of aryl methyl sites for hydroxylation is 1. The van der Waals surface area contributed by atoms with E-state index in [4.69, 9.17) is 14.6 Å². The third kappa shape index (κ3) is 3.45. The van der Waals surface area contributed by atoms with Gasteiger partial charge in [0.15, 0.2) is 5.76 Å². The first-order chi connectivity index (χ1) is 9.20. The zero-order valence-electron chi connectivity index (χ0n) is 10.8. The summed E-state index contributed by atoms with van der Waals surface area (Å²) in [6.07, 6.45) is 2.51. The molecule has 0 bridgehead atoms. The van der Waals surface area contributed by atoms with E-state index in [1.807, 2.05) is 0 Å². The average molecular weight is 263 g/mol. The third-order valence-corrected chi connectivity index (χ3v) is 2.66. The summed E-state index contributed by atoms with van der Waals surface area (Å²) in [5.74, 6) is 1.49. The molecule has 2 rings (SSSR count). The Balaban J connectivity index is 1.99. The van der Waals surface area contributed by atoms with Gasteiger partial charge in [0.1, 0.15) is 5.76 Å². The second-order valence-electron chi connectivity index (χ2n) is 4.17. The summed E-state index contributed by atoms with van der Waals surface area (Å²) >= 11 is 0. The molecule has 0 unspecified atom stereocenters. The van der Waals surface area contributed by atoms with Gasteiger partial charge in [0.05, 0.1) is 18.4 Å². The first-order valence-electron chi connectivity index (χ1n) is 6.17. The molecule has 0 radical (unpaired) electrons. The lowest BCUT2D eigenvalue weighted by molar-refractivity contribution is -0.120. The number of furan rings is 1. The predicted molar refractivity (Wildman–Crippen MR) is 69.3 cm³/mol. The minimum Gasteiger partial charge on any atom is -0.459 e. The summed E-state index contributed by atoms with van der Waals surface area (Å²) in [6.45, 7) is 2.92. The number of nitrogens with two attached hydrogens (primary N) is 1. The molecule has 102 valence electrons. The molecule has 2 aromatic heterocycles. The second kappa shape index (κ2) is 6.19. The molecule has 0 fully saturated rings. The van der Waals surface area contributed by atoms with Crippen LogP contribution in [0.5, 0.6) is 0 Å². The van der Waals surface area contributed by atoms with Crippen LogP contribution in [0.1, 0.15) is 17.9 Å². The van der Waals surface area contributed by atoms with Crippen molar-refractivity contribution in [2.75, 3.05) is 13.1 Å². The van der Waals surface area contributed by atoms with E-state index in [9.17, 15) is 4.79 Å². The van der Waals surface area contributed by atoms with Crippen LogP contribution in [-0.4, -0.2) is 24.0 Å². The van der Waals surface area contributed by atoms with E-state index >= 15 is 0 Å². The predicted octanol–water partition coefficient (Wildman–Crippen LogP) is 1.25. The fraction of sp³-hybridized carbons (Fsp3) is 0.385. The molecule has 19 heavy (non-hydrogen) atoms. The van der Waals surface area contributed by atoms with Crippen molar-refractivity contribution in [3.05, 3.63) is 29.9 Å². The summed E-state index contributed by atoms with van der Waals surface area (Å²) in [5, 5.41) is 2.78. The molecule has 3 N–H and O–H groups in total. The number of rotatable bonds is 6. The van der Waals surface area contributed by atoms with Crippen LogP contribution in [0.4, 0.5) is 0 Å². The van der Waals surface area contributed by atoms with Crippen molar-refractivity contribution in [3.63, 3.8) is 0 Å². The Labute approximate surface area is 111 Å². The van der Waals surface area contributed by atoms with Crippen molar-refractivity contribution >= 4 is 5.91 Å². The highest BCUT2D eigenvalue weighted by atomic mass is 16.4. The van der Waals surface area contributed by atoms with E-state index in [1.54, 1.807) is 25.3 Å². The van der Waals surface area contributed by atoms with Crippen molar-refractivity contribution in [2.24, 2.45) is 5.73 Å². The van der Waals surface area contributed by atoms with Crippen LogP contribution in [0.25, 0.3) is 11.7 Å². The molecule has 6 nitrogen and oxygen atoms in total. The highest BCUT2D eigenvalue weighted by Crippen LogP contribution is 2.22. The first kappa shape index (κ1) is 13.4. The van der Waals surface area contributed by atoms with E-state index in [1.165, 1.54) is 0 Å². The fourth-order valence-corrected chi connectivity index (χ4v) is 1.64. The van der Waals surface area contributed by atoms with Gasteiger partial charge in [0.2, 0.25) is 5.91 Å². The maximum Gasteiger partial charge on any atom is 0.263 e. The van der Waals surface area contributed by atoms with Crippen LogP contribution in [0, 0.1) is 6.92 Å². The van der Waals surface area contributed by atoms with E-state index in [0.29, 0.717) is 36.2 Å². The first-order valence-corrected chi connectivity index (χ1v) is 6.17. The minimum absolute atomic E-state index is 0.0872. The monoisotopic (exact) mass is 263 g/mol. The van der Waals surface area contributed by atoms with Crippen LogP contribution in [0.2, 0.25) is 0 Å². The van der Waals surface area contributed by atoms with Crippen LogP contribution < -0.4 is 11.1 Å². The SMILES string of the molecule is Cc1oc(-c2ccco2)nc1CC(=O)NCCCN. The van der Waals surface area contributed by atoms with Crippen molar-refractivity contribution in [1.82, 2.24) is 10.3 Å². The lowest BCUT2D eigenvalue weighted by Crippen LogP contribution is -2.27. The van der Waals surface area contributed by atoms with Crippen molar-refractivity contribution < 1.29 is 13.6 Å². The molecule has 2 heterocycles. The van der Waals surface area contributed by atoms with Gasteiger partial charge < -0.3 is 19.9 Å². The molecule has 0 saturated carbocycles. The van der Waals surface area contributed by atoms with Gasteiger partial charge in [-0.15, -0.1) is 0 Å². The van der Waals surface area contributed by atoms with Gasteiger partial charge in [-0.1, -0.05) is 0 Å². The Morgan fingerprint density at radius 1 is 1.53 bits per heavy atom. The molecule has 1 amide bonds. The Kier molecular flexibility index (Phi) is 4.35. The van der Waals surface area contributed by atoms with Crippen LogP contribution in [0.3, 0.4) is 0 Å². The highest BCUT2D eigenvalue weighted by molar-refractivity contribution is 5.78. The van der Waals surface area contributed by atoms with Crippen LogP contribution >= 0.6 is 0 Å². The van der Waals surface area contributed by atoms with Crippen molar-refractivity contribution in [2.45, 2.75) is 19.8 Å².